The minimum absolute atomic E-state index is 1.01. The first-order valence-corrected chi connectivity index (χ1v) is 11.6. The van der Waals surface area contributed by atoms with Crippen LogP contribution in [0, 0.1) is 41.5 Å². The molecular weight excluding hydrogens is 386 g/mol. The van der Waals surface area contributed by atoms with Gasteiger partial charge in [-0.3, -0.25) is 4.98 Å². The number of pyridine rings is 1. The minimum Gasteiger partial charge on any atom is -0.256 e. The highest BCUT2D eigenvalue weighted by Crippen LogP contribution is 2.41. The fourth-order valence-corrected chi connectivity index (χ4v) is 4.94. The lowest BCUT2D eigenvalue weighted by molar-refractivity contribution is 1.05. The van der Waals surface area contributed by atoms with Crippen LogP contribution in [0.4, 0.5) is 0 Å². The summed E-state index contributed by atoms with van der Waals surface area (Å²) < 4.78 is 0. The van der Waals surface area contributed by atoms with E-state index in [0.29, 0.717) is 0 Å². The number of hydrogen-bond donors (Lipinski definition) is 0. The smallest absolute Gasteiger partial charge is 0.0701 e. The predicted octanol–water partition coefficient (Wildman–Crippen LogP) is 8.50. The fourth-order valence-electron chi connectivity index (χ4n) is 4.94. The number of aromatic nitrogens is 1. The van der Waals surface area contributed by atoms with Crippen molar-refractivity contribution in [3.8, 4) is 33.5 Å². The summed E-state index contributed by atoms with van der Waals surface area (Å²) in [5, 5.41) is 0. The maximum absolute atomic E-state index is 4.50. The molecule has 4 aromatic rings. The largest absolute Gasteiger partial charge is 0.256 e. The van der Waals surface area contributed by atoms with Gasteiger partial charge in [-0.1, -0.05) is 49.4 Å². The molecule has 0 spiro atoms. The van der Waals surface area contributed by atoms with Gasteiger partial charge in [-0.2, -0.15) is 0 Å². The van der Waals surface area contributed by atoms with Gasteiger partial charge in [-0.05, 0) is 121 Å². The van der Waals surface area contributed by atoms with E-state index in [2.05, 4.69) is 95.9 Å². The van der Waals surface area contributed by atoms with Gasteiger partial charge in [0.25, 0.3) is 0 Å². The van der Waals surface area contributed by atoms with Crippen LogP contribution in [0.3, 0.4) is 0 Å². The van der Waals surface area contributed by atoms with Crippen molar-refractivity contribution in [2.75, 3.05) is 0 Å². The summed E-state index contributed by atoms with van der Waals surface area (Å²) in [7, 11) is 0. The minimum atomic E-state index is 1.01. The van der Waals surface area contributed by atoms with Crippen molar-refractivity contribution in [2.24, 2.45) is 0 Å². The van der Waals surface area contributed by atoms with Gasteiger partial charge in [0.05, 0.1) is 5.69 Å². The molecule has 1 heterocycles. The van der Waals surface area contributed by atoms with E-state index >= 15 is 0 Å². The van der Waals surface area contributed by atoms with E-state index in [1.807, 2.05) is 18.3 Å². The summed E-state index contributed by atoms with van der Waals surface area (Å²) in [5.41, 5.74) is 17.2. The first-order valence-electron chi connectivity index (χ1n) is 11.6. The van der Waals surface area contributed by atoms with Crippen LogP contribution in [-0.4, -0.2) is 4.98 Å². The van der Waals surface area contributed by atoms with Gasteiger partial charge >= 0.3 is 0 Å². The zero-order valence-corrected chi connectivity index (χ0v) is 20.4. The number of nitrogens with zero attached hydrogens (tertiary/aromatic N) is 1. The van der Waals surface area contributed by atoms with E-state index in [0.717, 1.165) is 17.7 Å². The summed E-state index contributed by atoms with van der Waals surface area (Å²) in [6, 6.07) is 19.6. The quantitative estimate of drug-likeness (QED) is 0.323. The fraction of sp³-hybridized carbons (Fsp3) is 0.258. The first kappa shape index (κ1) is 22.0. The highest BCUT2D eigenvalue weighted by Gasteiger charge is 2.19. The lowest BCUT2D eigenvalue weighted by atomic mass is 9.81. The molecule has 32 heavy (non-hydrogen) atoms. The molecule has 0 saturated carbocycles. The van der Waals surface area contributed by atoms with Crippen LogP contribution in [0.1, 0.15) is 45.9 Å². The molecule has 0 fully saturated rings. The summed E-state index contributed by atoms with van der Waals surface area (Å²) >= 11 is 0. The molecule has 3 aromatic carbocycles. The van der Waals surface area contributed by atoms with E-state index < -0.39 is 0 Å². The Morgan fingerprint density at radius 2 is 1.19 bits per heavy atom. The van der Waals surface area contributed by atoms with E-state index in [4.69, 9.17) is 0 Å². The molecule has 1 nitrogen and oxygen atoms in total. The van der Waals surface area contributed by atoms with Gasteiger partial charge in [0, 0.05) is 11.8 Å². The summed E-state index contributed by atoms with van der Waals surface area (Å²) in [5.74, 6) is 0. The third kappa shape index (κ3) is 3.77. The SMILES string of the molecule is CCc1c(C)c(C)c(-c2cc(C)c(C)cc2-c2ccc(-c3ccccn3)cc2)c(C)c1C. The summed E-state index contributed by atoms with van der Waals surface area (Å²) in [6.07, 6.45) is 2.93. The molecule has 4 rings (SSSR count). The Balaban J connectivity index is 1.93. The molecule has 1 aromatic heterocycles. The van der Waals surface area contributed by atoms with Gasteiger partial charge in [0.2, 0.25) is 0 Å². The van der Waals surface area contributed by atoms with E-state index in [9.17, 15) is 0 Å². The Labute approximate surface area is 193 Å². The van der Waals surface area contributed by atoms with Gasteiger partial charge in [0.15, 0.2) is 0 Å². The van der Waals surface area contributed by atoms with Crippen molar-refractivity contribution in [3.63, 3.8) is 0 Å². The topological polar surface area (TPSA) is 12.9 Å². The molecule has 0 radical (unpaired) electrons. The molecular formula is C31H33N. The van der Waals surface area contributed by atoms with Crippen LogP contribution in [0.5, 0.6) is 0 Å². The molecule has 0 aliphatic carbocycles. The van der Waals surface area contributed by atoms with Crippen molar-refractivity contribution >= 4 is 0 Å². The van der Waals surface area contributed by atoms with Crippen molar-refractivity contribution in [2.45, 2.75) is 54.9 Å². The Hall–Kier alpha value is -3.19. The average Bonchev–Trinajstić information content (AvgIpc) is 2.81. The molecule has 0 unspecified atom stereocenters. The predicted molar refractivity (Wildman–Crippen MR) is 138 cm³/mol. The summed E-state index contributed by atoms with van der Waals surface area (Å²) in [6.45, 7) is 15.8. The van der Waals surface area contributed by atoms with Crippen LogP contribution in [0.15, 0.2) is 60.8 Å². The standard InChI is InChI=1S/C31H33N/c1-8-27-21(4)23(6)31(24(7)22(27)5)29-18-20(3)19(2)17-28(29)25-12-14-26(15-13-25)30-11-9-10-16-32-30/h9-18H,8H2,1-7H3. The highest BCUT2D eigenvalue weighted by molar-refractivity contribution is 5.89. The maximum Gasteiger partial charge on any atom is 0.0701 e. The Kier molecular flexibility index (Phi) is 6.02. The molecule has 0 N–H and O–H groups in total. The van der Waals surface area contributed by atoms with Crippen molar-refractivity contribution in [3.05, 3.63) is 99.7 Å². The Bertz CT molecular complexity index is 1250. The monoisotopic (exact) mass is 419 g/mol. The molecule has 162 valence electrons. The zero-order chi connectivity index (χ0) is 23.0. The van der Waals surface area contributed by atoms with E-state index in [1.165, 1.54) is 61.2 Å². The molecule has 0 aliphatic rings. The number of rotatable bonds is 4. The second-order valence-electron chi connectivity index (χ2n) is 8.98. The normalized spacial score (nSPS) is 11.1. The van der Waals surface area contributed by atoms with Gasteiger partial charge in [-0.15, -0.1) is 0 Å². The van der Waals surface area contributed by atoms with Crippen LogP contribution in [0.2, 0.25) is 0 Å². The molecule has 0 bridgehead atoms. The van der Waals surface area contributed by atoms with Crippen LogP contribution >= 0.6 is 0 Å². The third-order valence-corrected chi connectivity index (χ3v) is 7.19. The van der Waals surface area contributed by atoms with Crippen LogP contribution < -0.4 is 0 Å². The zero-order valence-electron chi connectivity index (χ0n) is 20.4. The van der Waals surface area contributed by atoms with Crippen molar-refractivity contribution in [1.29, 1.82) is 0 Å². The lowest BCUT2D eigenvalue weighted by Crippen LogP contribution is -2.03. The Morgan fingerprint density at radius 3 is 1.72 bits per heavy atom. The first-order chi connectivity index (χ1) is 15.3. The van der Waals surface area contributed by atoms with Gasteiger partial charge in [-0.25, -0.2) is 0 Å². The second-order valence-corrected chi connectivity index (χ2v) is 8.98. The van der Waals surface area contributed by atoms with Crippen molar-refractivity contribution < 1.29 is 0 Å². The second kappa shape index (κ2) is 8.74. The van der Waals surface area contributed by atoms with Crippen LogP contribution in [-0.2, 0) is 6.42 Å². The van der Waals surface area contributed by atoms with E-state index in [1.54, 1.807) is 0 Å². The number of hydrogen-bond acceptors (Lipinski definition) is 1. The Morgan fingerprint density at radius 1 is 0.625 bits per heavy atom. The average molecular weight is 420 g/mol. The molecule has 0 aliphatic heterocycles. The number of aryl methyl sites for hydroxylation is 2. The van der Waals surface area contributed by atoms with E-state index in [-0.39, 0.29) is 0 Å². The molecule has 0 atom stereocenters. The number of benzene rings is 3. The summed E-state index contributed by atoms with van der Waals surface area (Å²) in [4.78, 5) is 4.50. The molecule has 0 saturated heterocycles. The third-order valence-electron chi connectivity index (χ3n) is 7.19. The van der Waals surface area contributed by atoms with Gasteiger partial charge < -0.3 is 0 Å². The maximum atomic E-state index is 4.50. The molecule has 0 amide bonds. The van der Waals surface area contributed by atoms with Crippen molar-refractivity contribution in [1.82, 2.24) is 4.98 Å². The van der Waals surface area contributed by atoms with Crippen LogP contribution in [0.25, 0.3) is 33.5 Å². The molecule has 1 heteroatoms. The van der Waals surface area contributed by atoms with Gasteiger partial charge in [0.1, 0.15) is 0 Å². The lowest BCUT2D eigenvalue weighted by Gasteiger charge is -2.23. The highest BCUT2D eigenvalue weighted by atomic mass is 14.7.